The van der Waals surface area contributed by atoms with Gasteiger partial charge in [0.15, 0.2) is 0 Å². The van der Waals surface area contributed by atoms with Crippen LogP contribution in [0.1, 0.15) is 49.2 Å². The fourth-order valence-corrected chi connectivity index (χ4v) is 10.9. The largest absolute Gasteiger partial charge is 0.313 e. The standard InChI is InChI=1S/C54H39N3S.C2H6/c1-3-14-37(15-4-1)56-49-23-10-7-18-43(49)47-34-40(30-32-51(47)56)55(39-28-26-36(27-29-39)42-21-13-22-46-45-20-9-12-25-53(45)58-54(42)46)41-31-33-52-48(35-41)44-19-8-11-24-50(44)57(52)38-16-5-2-6-17-38;1-2/h1-9,12-22,25-35H,10-11,23-24H2;1-2H3. The van der Waals surface area contributed by atoms with Crippen molar-refractivity contribution in [2.24, 2.45) is 0 Å². The quantitative estimate of drug-likeness (QED) is 0.163. The highest BCUT2D eigenvalue weighted by molar-refractivity contribution is 7.26. The number of anilines is 3. The monoisotopic (exact) mass is 791 g/mol. The summed E-state index contributed by atoms with van der Waals surface area (Å²) in [5, 5.41) is 5.21. The summed E-state index contributed by atoms with van der Waals surface area (Å²) < 4.78 is 7.62. The summed E-state index contributed by atoms with van der Waals surface area (Å²) in [7, 11) is 0. The highest BCUT2D eigenvalue weighted by Crippen LogP contribution is 2.45. The van der Waals surface area contributed by atoms with Crippen LogP contribution in [0.5, 0.6) is 0 Å². The highest BCUT2D eigenvalue weighted by atomic mass is 32.1. The van der Waals surface area contributed by atoms with E-state index in [1.165, 1.54) is 87.0 Å². The lowest BCUT2D eigenvalue weighted by Crippen LogP contribution is -2.10. The molecule has 60 heavy (non-hydrogen) atoms. The molecule has 0 saturated heterocycles. The van der Waals surface area contributed by atoms with Gasteiger partial charge in [0.25, 0.3) is 0 Å². The predicted molar refractivity (Wildman–Crippen MR) is 259 cm³/mol. The van der Waals surface area contributed by atoms with Crippen LogP contribution in [0.4, 0.5) is 17.1 Å². The molecule has 10 aromatic rings. The molecule has 0 radical (unpaired) electrons. The van der Waals surface area contributed by atoms with E-state index in [0.717, 1.165) is 42.7 Å². The van der Waals surface area contributed by atoms with Gasteiger partial charge in [-0.05, 0) is 116 Å². The van der Waals surface area contributed by atoms with E-state index in [0.29, 0.717) is 0 Å². The molecule has 2 aliphatic carbocycles. The molecule has 3 heterocycles. The lowest BCUT2D eigenvalue weighted by atomic mass is 10.0. The summed E-state index contributed by atoms with van der Waals surface area (Å²) in [5.41, 5.74) is 16.3. The van der Waals surface area contributed by atoms with Crippen LogP contribution in [-0.4, -0.2) is 9.13 Å². The summed E-state index contributed by atoms with van der Waals surface area (Å²) in [4.78, 5) is 2.46. The molecule has 0 unspecified atom stereocenters. The van der Waals surface area contributed by atoms with E-state index in [2.05, 4.69) is 202 Å². The molecular weight excluding hydrogens is 747 g/mol. The van der Waals surface area contributed by atoms with Crippen molar-refractivity contribution in [1.82, 2.24) is 9.13 Å². The van der Waals surface area contributed by atoms with Gasteiger partial charge in [0.05, 0.1) is 11.0 Å². The highest BCUT2D eigenvalue weighted by Gasteiger charge is 2.24. The normalized spacial score (nSPS) is 13.1. The Balaban J connectivity index is 0.00000201. The maximum Gasteiger partial charge on any atom is 0.0539 e. The predicted octanol–water partition coefficient (Wildman–Crippen LogP) is 16.0. The van der Waals surface area contributed by atoms with Crippen LogP contribution in [0.3, 0.4) is 0 Å². The minimum Gasteiger partial charge on any atom is -0.313 e. The first-order valence-corrected chi connectivity index (χ1v) is 22.2. The third kappa shape index (κ3) is 5.85. The molecule has 12 rings (SSSR count). The number of nitrogens with zero attached hydrogens (tertiary/aromatic N) is 3. The van der Waals surface area contributed by atoms with Crippen LogP contribution in [0.2, 0.25) is 0 Å². The lowest BCUT2D eigenvalue weighted by Gasteiger charge is -2.26. The van der Waals surface area contributed by atoms with E-state index < -0.39 is 0 Å². The van der Waals surface area contributed by atoms with E-state index in [9.17, 15) is 0 Å². The maximum atomic E-state index is 2.47. The molecule has 0 fully saturated rings. The average Bonchev–Trinajstić information content (AvgIpc) is 3.98. The molecule has 290 valence electrons. The molecule has 0 amide bonds. The van der Waals surface area contributed by atoms with Gasteiger partial charge in [-0.1, -0.05) is 123 Å². The van der Waals surface area contributed by atoms with Gasteiger partial charge in [-0.2, -0.15) is 0 Å². The number of fused-ring (bicyclic) bond motifs is 9. The van der Waals surface area contributed by atoms with Crippen LogP contribution in [0.15, 0.2) is 176 Å². The summed E-state index contributed by atoms with van der Waals surface area (Å²) in [6.07, 6.45) is 13.5. The number of para-hydroxylation sites is 2. The molecule has 0 atom stereocenters. The van der Waals surface area contributed by atoms with Crippen molar-refractivity contribution in [3.63, 3.8) is 0 Å². The second-order valence-electron chi connectivity index (χ2n) is 15.5. The average molecular weight is 792 g/mol. The smallest absolute Gasteiger partial charge is 0.0539 e. The zero-order valence-corrected chi connectivity index (χ0v) is 34.8. The minimum absolute atomic E-state index is 1.02. The molecule has 4 heteroatoms. The molecule has 0 saturated carbocycles. The van der Waals surface area contributed by atoms with Crippen LogP contribution in [0, 0.1) is 0 Å². The van der Waals surface area contributed by atoms with Crippen molar-refractivity contribution in [1.29, 1.82) is 0 Å². The van der Waals surface area contributed by atoms with Crippen molar-refractivity contribution in [3.05, 3.63) is 198 Å². The second-order valence-corrected chi connectivity index (χ2v) is 16.6. The van der Waals surface area contributed by atoms with E-state index in [1.807, 2.05) is 25.2 Å². The number of hydrogen-bond donors (Lipinski definition) is 0. The topological polar surface area (TPSA) is 13.1 Å². The molecule has 0 spiro atoms. The third-order valence-electron chi connectivity index (χ3n) is 12.2. The fourth-order valence-electron chi connectivity index (χ4n) is 9.65. The fraction of sp³-hybridized carbons (Fsp3) is 0.107. The van der Waals surface area contributed by atoms with E-state index in [1.54, 1.807) is 0 Å². The Morgan fingerprint density at radius 2 is 0.983 bits per heavy atom. The van der Waals surface area contributed by atoms with Gasteiger partial charge >= 0.3 is 0 Å². The Labute approximate surface area is 355 Å². The van der Waals surface area contributed by atoms with Gasteiger partial charge in [0.1, 0.15) is 0 Å². The number of thiophene rings is 1. The van der Waals surface area contributed by atoms with Crippen LogP contribution < -0.4 is 4.90 Å². The molecule has 3 nitrogen and oxygen atoms in total. The van der Waals surface area contributed by atoms with Gasteiger partial charge in [0, 0.05) is 81.9 Å². The number of benzene rings is 7. The van der Waals surface area contributed by atoms with Crippen molar-refractivity contribution >= 4 is 82.5 Å². The van der Waals surface area contributed by atoms with Gasteiger partial charge in [-0.25, -0.2) is 0 Å². The van der Waals surface area contributed by atoms with Crippen LogP contribution in [0.25, 0.3) is 76.6 Å². The zero-order valence-electron chi connectivity index (χ0n) is 34.0. The Hall–Kier alpha value is -6.88. The first-order chi connectivity index (χ1) is 29.8. The number of rotatable bonds is 6. The van der Waals surface area contributed by atoms with Crippen molar-refractivity contribution < 1.29 is 0 Å². The Morgan fingerprint density at radius 3 is 1.57 bits per heavy atom. The first kappa shape index (κ1) is 36.2. The van der Waals surface area contributed by atoms with Gasteiger partial charge in [-0.3, -0.25) is 0 Å². The third-order valence-corrected chi connectivity index (χ3v) is 13.5. The van der Waals surface area contributed by atoms with Crippen LogP contribution >= 0.6 is 11.3 Å². The van der Waals surface area contributed by atoms with E-state index in [-0.39, 0.29) is 0 Å². The van der Waals surface area contributed by atoms with Gasteiger partial charge in [-0.15, -0.1) is 11.3 Å². The van der Waals surface area contributed by atoms with Crippen molar-refractivity contribution in [3.8, 4) is 22.5 Å². The number of hydrogen-bond acceptors (Lipinski definition) is 2. The molecule has 2 aliphatic rings. The Kier molecular flexibility index (Phi) is 9.09. The van der Waals surface area contributed by atoms with Gasteiger partial charge < -0.3 is 14.0 Å². The van der Waals surface area contributed by atoms with E-state index in [4.69, 9.17) is 0 Å². The maximum absolute atomic E-state index is 2.47. The Morgan fingerprint density at radius 1 is 0.467 bits per heavy atom. The number of aromatic nitrogens is 2. The van der Waals surface area contributed by atoms with Crippen molar-refractivity contribution in [2.45, 2.75) is 39.5 Å². The summed E-state index contributed by atoms with van der Waals surface area (Å²) in [5.74, 6) is 0. The molecular formula is C56H45N3S. The summed E-state index contributed by atoms with van der Waals surface area (Å²) in [6, 6.07) is 60.6. The molecule has 0 bridgehead atoms. The minimum atomic E-state index is 1.02. The van der Waals surface area contributed by atoms with Crippen LogP contribution in [-0.2, 0) is 12.8 Å². The molecule has 0 N–H and O–H groups in total. The molecule has 7 aromatic carbocycles. The van der Waals surface area contributed by atoms with E-state index >= 15 is 0 Å². The second kappa shape index (κ2) is 15.1. The van der Waals surface area contributed by atoms with Gasteiger partial charge in [0.2, 0.25) is 0 Å². The first-order valence-electron chi connectivity index (χ1n) is 21.4. The number of allylic oxidation sites excluding steroid dienone is 2. The SMILES string of the molecule is C1=Cc2c(n(-c3ccccc3)c3ccc(N(c4ccc(-c5cccc6c5sc5ccccc56)cc4)c4ccc5c(c4)c4c(n5-c5ccccc5)CCC=C4)cc23)CC1.CC. The molecule has 0 aliphatic heterocycles. The lowest BCUT2D eigenvalue weighted by molar-refractivity contribution is 0.888. The zero-order chi connectivity index (χ0) is 40.2. The van der Waals surface area contributed by atoms with Crippen molar-refractivity contribution in [2.75, 3.05) is 4.90 Å². The summed E-state index contributed by atoms with van der Waals surface area (Å²) >= 11 is 1.89. The molecule has 3 aromatic heterocycles. The summed E-state index contributed by atoms with van der Waals surface area (Å²) in [6.45, 7) is 4.00. The Bertz CT molecular complexity index is 3120.